The number of hydrogen-bond donors (Lipinski definition) is 2. The number of allylic oxidation sites excluding steroid dienone is 2. The maximum Gasteiger partial charge on any atom is 0.309 e. The number of carbonyl (C=O) groups excluding carboxylic acids is 1. The highest BCUT2D eigenvalue weighted by Crippen LogP contribution is 2.17. The lowest BCUT2D eigenvalue weighted by molar-refractivity contribution is -0.927. The van der Waals surface area contributed by atoms with Crippen molar-refractivity contribution in [1.29, 1.82) is 0 Å². The summed E-state index contributed by atoms with van der Waals surface area (Å²) in [6, 6.07) is 0. The number of nitrogens with zero attached hydrogens (tertiary/aromatic N) is 1. The Balaban J connectivity index is 3.91. The predicted molar refractivity (Wildman–Crippen MR) is 152 cm³/mol. The number of quaternary nitrogens is 1. The second kappa shape index (κ2) is 25.4. The third kappa shape index (κ3) is 24.4. The lowest BCUT2D eigenvalue weighted by Crippen LogP contribution is -2.53. The first-order chi connectivity index (χ1) is 18.3. The van der Waals surface area contributed by atoms with Gasteiger partial charge in [0.25, 0.3) is 0 Å². The van der Waals surface area contributed by atoms with Gasteiger partial charge in [-0.3, -0.25) is 9.59 Å². The van der Waals surface area contributed by atoms with Crippen LogP contribution in [0.2, 0.25) is 0 Å². The van der Waals surface area contributed by atoms with E-state index in [0.29, 0.717) is 6.54 Å². The van der Waals surface area contributed by atoms with Crippen LogP contribution < -0.4 is 5.11 Å². The Bertz CT molecular complexity index is 588. The topological polar surface area (TPSA) is 115 Å². The highest BCUT2D eigenvalue weighted by molar-refractivity contribution is 5.67. The van der Waals surface area contributed by atoms with Gasteiger partial charge in [0.1, 0.15) is 0 Å². The molecule has 0 aliphatic rings. The number of hydrogen-bond acceptors (Lipinski definition) is 4. The van der Waals surface area contributed by atoms with E-state index >= 15 is 0 Å². The summed E-state index contributed by atoms with van der Waals surface area (Å²) in [4.78, 5) is 33.3. The molecule has 0 saturated carbocycles. The van der Waals surface area contributed by atoms with Crippen molar-refractivity contribution in [1.82, 2.24) is 0 Å². The Kier molecular flexibility index (Phi) is 24.1. The molecule has 2 N–H and O–H groups in total. The SMILES string of the molecule is CCCCCCC/C=C/CCCCCCCCCCCCC[N+](CCC(=O)[O-])(CCC(=O)O)CCC(=O)O. The summed E-state index contributed by atoms with van der Waals surface area (Å²) in [6.45, 7) is 3.60. The molecule has 0 aromatic carbocycles. The van der Waals surface area contributed by atoms with E-state index in [-0.39, 0.29) is 43.4 Å². The highest BCUT2D eigenvalue weighted by atomic mass is 16.4. The van der Waals surface area contributed by atoms with Gasteiger partial charge in [-0.25, -0.2) is 0 Å². The Morgan fingerprint density at radius 1 is 0.553 bits per heavy atom. The van der Waals surface area contributed by atoms with Crippen LogP contribution in [0.1, 0.15) is 142 Å². The minimum absolute atomic E-state index is 0.0947. The average Bonchev–Trinajstić information content (AvgIpc) is 2.88. The van der Waals surface area contributed by atoms with E-state index in [1.54, 1.807) is 0 Å². The van der Waals surface area contributed by atoms with E-state index in [1.807, 2.05) is 0 Å². The van der Waals surface area contributed by atoms with Crippen LogP contribution in [-0.2, 0) is 14.4 Å². The van der Waals surface area contributed by atoms with Crippen molar-refractivity contribution < 1.29 is 34.2 Å². The molecule has 0 atom stereocenters. The summed E-state index contributed by atoms with van der Waals surface area (Å²) in [7, 11) is 0. The van der Waals surface area contributed by atoms with Crippen LogP contribution >= 0.6 is 0 Å². The van der Waals surface area contributed by atoms with Crippen LogP contribution in [0.15, 0.2) is 12.2 Å². The van der Waals surface area contributed by atoms with Crippen LogP contribution in [0.3, 0.4) is 0 Å². The molecule has 7 heteroatoms. The van der Waals surface area contributed by atoms with E-state index in [9.17, 15) is 19.5 Å². The molecule has 38 heavy (non-hydrogen) atoms. The van der Waals surface area contributed by atoms with Crippen LogP contribution in [0.25, 0.3) is 0 Å². The van der Waals surface area contributed by atoms with Crippen molar-refractivity contribution >= 4 is 17.9 Å². The number of carboxylic acid groups (broad SMARTS) is 3. The zero-order chi connectivity index (χ0) is 28.3. The largest absolute Gasteiger partial charge is 0.550 e. The van der Waals surface area contributed by atoms with E-state index in [0.717, 1.165) is 19.3 Å². The van der Waals surface area contributed by atoms with Crippen molar-refractivity contribution in [2.75, 3.05) is 26.2 Å². The zero-order valence-electron chi connectivity index (χ0n) is 24.3. The molecule has 0 heterocycles. The fraction of sp³-hybridized carbons (Fsp3) is 0.839. The summed E-state index contributed by atoms with van der Waals surface area (Å²) >= 11 is 0. The molecule has 0 fully saturated rings. The first kappa shape index (κ1) is 36.1. The maximum atomic E-state index is 11.1. The van der Waals surface area contributed by atoms with E-state index < -0.39 is 17.9 Å². The third-order valence-corrected chi connectivity index (χ3v) is 7.53. The van der Waals surface area contributed by atoms with E-state index in [4.69, 9.17) is 10.2 Å². The van der Waals surface area contributed by atoms with Gasteiger partial charge in [-0.1, -0.05) is 96.1 Å². The molecule has 0 rings (SSSR count). The molecule has 0 saturated heterocycles. The fourth-order valence-corrected chi connectivity index (χ4v) is 5.07. The first-order valence-corrected chi connectivity index (χ1v) is 15.4. The smallest absolute Gasteiger partial charge is 0.309 e. The van der Waals surface area contributed by atoms with Crippen molar-refractivity contribution in [2.45, 2.75) is 142 Å². The summed E-state index contributed by atoms with van der Waals surface area (Å²) in [5, 5.41) is 29.3. The van der Waals surface area contributed by atoms with Gasteiger partial charge in [0.2, 0.25) is 0 Å². The van der Waals surface area contributed by atoms with Gasteiger partial charge in [0, 0.05) is 12.4 Å². The summed E-state index contributed by atoms with van der Waals surface area (Å²) in [5.74, 6) is -3.08. The Morgan fingerprint density at radius 2 is 0.921 bits per heavy atom. The summed E-state index contributed by atoms with van der Waals surface area (Å²) < 4.78 is 0.224. The summed E-state index contributed by atoms with van der Waals surface area (Å²) in [6.07, 6.45) is 26.7. The monoisotopic (exact) mass is 539 g/mol. The Hall–Kier alpha value is -1.89. The summed E-state index contributed by atoms with van der Waals surface area (Å²) in [5.41, 5.74) is 0. The molecule has 222 valence electrons. The van der Waals surface area contributed by atoms with Gasteiger partial charge in [-0.2, -0.15) is 0 Å². The molecule has 0 aliphatic carbocycles. The van der Waals surface area contributed by atoms with Gasteiger partial charge < -0.3 is 24.6 Å². The van der Waals surface area contributed by atoms with Crippen molar-refractivity contribution in [3.63, 3.8) is 0 Å². The van der Waals surface area contributed by atoms with Crippen LogP contribution in [0.4, 0.5) is 0 Å². The van der Waals surface area contributed by atoms with Crippen molar-refractivity contribution in [2.24, 2.45) is 0 Å². The quantitative estimate of drug-likeness (QED) is 0.0638. The van der Waals surface area contributed by atoms with Gasteiger partial charge in [0.15, 0.2) is 0 Å². The molecule has 0 bridgehead atoms. The van der Waals surface area contributed by atoms with Crippen LogP contribution in [-0.4, -0.2) is 58.8 Å². The van der Waals surface area contributed by atoms with Crippen molar-refractivity contribution in [3.8, 4) is 0 Å². The molecule has 7 nitrogen and oxygen atoms in total. The highest BCUT2D eigenvalue weighted by Gasteiger charge is 2.28. The molecule has 0 unspecified atom stereocenters. The molecule has 0 aromatic rings. The van der Waals surface area contributed by atoms with Gasteiger partial charge in [0.05, 0.1) is 39.0 Å². The van der Waals surface area contributed by atoms with E-state index in [2.05, 4.69) is 19.1 Å². The van der Waals surface area contributed by atoms with Crippen LogP contribution in [0.5, 0.6) is 0 Å². The number of carboxylic acids is 3. The predicted octanol–water partition coefficient (Wildman–Crippen LogP) is 6.49. The second-order valence-corrected chi connectivity index (χ2v) is 11.0. The zero-order valence-corrected chi connectivity index (χ0v) is 24.3. The number of carbonyl (C=O) groups is 3. The molecule has 0 aromatic heterocycles. The average molecular weight is 540 g/mol. The number of aliphatic carboxylic acids is 3. The van der Waals surface area contributed by atoms with Gasteiger partial charge in [-0.05, 0) is 38.5 Å². The number of unbranched alkanes of at least 4 members (excludes halogenated alkanes) is 16. The van der Waals surface area contributed by atoms with Crippen molar-refractivity contribution in [3.05, 3.63) is 12.2 Å². The van der Waals surface area contributed by atoms with Gasteiger partial charge in [-0.15, -0.1) is 0 Å². The fourth-order valence-electron chi connectivity index (χ4n) is 5.07. The van der Waals surface area contributed by atoms with Gasteiger partial charge >= 0.3 is 11.9 Å². The third-order valence-electron chi connectivity index (χ3n) is 7.53. The Labute approximate surface area is 232 Å². The Morgan fingerprint density at radius 3 is 1.32 bits per heavy atom. The van der Waals surface area contributed by atoms with E-state index in [1.165, 1.54) is 96.3 Å². The molecule has 0 spiro atoms. The molecule has 0 amide bonds. The molecular weight excluding hydrogens is 482 g/mol. The maximum absolute atomic E-state index is 11.1. The molecule has 0 radical (unpaired) electrons. The minimum atomic E-state index is -1.18. The number of rotatable bonds is 29. The lowest BCUT2D eigenvalue weighted by atomic mass is 10.0. The molecular formula is C31H57NO6. The minimum Gasteiger partial charge on any atom is -0.550 e. The lowest BCUT2D eigenvalue weighted by Gasteiger charge is -2.38. The van der Waals surface area contributed by atoms with Crippen LogP contribution in [0, 0.1) is 0 Å². The first-order valence-electron chi connectivity index (χ1n) is 15.4. The standard InChI is InChI=1S/C31H57NO6/c1-2-3-4-5-6-7-8-9-10-11-12-13-14-15-16-17-18-19-20-21-25-32(26-22-29(33)34,27-23-30(35)36)28-24-31(37)38/h8-9H,2-7,10-28H2,1H3,(H2-,33,34,35,36,37,38)/b9-8+. The normalized spacial score (nSPS) is 11.8. The second-order valence-electron chi connectivity index (χ2n) is 11.0. The molecule has 0 aliphatic heterocycles.